The first-order valence-electron chi connectivity index (χ1n) is 7.32. The van der Waals surface area contributed by atoms with Crippen molar-refractivity contribution in [3.05, 3.63) is 35.4 Å². The topological polar surface area (TPSA) is 49.3 Å². The van der Waals surface area contributed by atoms with E-state index >= 15 is 0 Å². The fourth-order valence-corrected chi connectivity index (χ4v) is 1.61. The zero-order chi connectivity index (χ0) is 15.9. The molecule has 114 valence electrons. The van der Waals surface area contributed by atoms with Crippen molar-refractivity contribution in [2.24, 2.45) is 11.3 Å². The fraction of sp³-hybridized carbons (Fsp3) is 0.500. The van der Waals surface area contributed by atoms with Gasteiger partial charge in [0.2, 0.25) is 0 Å². The molecule has 0 bridgehead atoms. The van der Waals surface area contributed by atoms with Crippen molar-refractivity contribution in [2.45, 2.75) is 34.1 Å². The summed E-state index contributed by atoms with van der Waals surface area (Å²) in [5.41, 5.74) is 1.58. The van der Waals surface area contributed by atoms with Crippen molar-refractivity contribution >= 4 is 5.91 Å². The standard InChI is InChI=1S/C18H25NO2/c1-14(18(2,3)4)13-19-17(21)16-10-7-9-15(12-16)8-5-6-11-20/h7,9-10,12,14,20H,6,11,13H2,1-4H3,(H,19,21). The van der Waals surface area contributed by atoms with Crippen LogP contribution in [0.15, 0.2) is 24.3 Å². The van der Waals surface area contributed by atoms with Gasteiger partial charge in [0.1, 0.15) is 0 Å². The zero-order valence-electron chi connectivity index (χ0n) is 13.4. The van der Waals surface area contributed by atoms with E-state index in [0.717, 1.165) is 5.56 Å². The molecule has 1 unspecified atom stereocenters. The molecule has 0 heterocycles. The number of nitrogens with one attached hydrogen (secondary N) is 1. The number of aliphatic hydroxyl groups excluding tert-OH is 1. The average molecular weight is 287 g/mol. The number of amides is 1. The fourth-order valence-electron chi connectivity index (χ4n) is 1.61. The van der Waals surface area contributed by atoms with Gasteiger partial charge in [-0.2, -0.15) is 0 Å². The monoisotopic (exact) mass is 287 g/mol. The second-order valence-electron chi connectivity index (χ2n) is 6.33. The molecule has 0 fully saturated rings. The maximum atomic E-state index is 12.2. The van der Waals surface area contributed by atoms with Gasteiger partial charge in [-0.15, -0.1) is 0 Å². The van der Waals surface area contributed by atoms with E-state index in [4.69, 9.17) is 5.11 Å². The Bertz CT molecular complexity index is 532. The lowest BCUT2D eigenvalue weighted by Gasteiger charge is -2.27. The lowest BCUT2D eigenvalue weighted by atomic mass is 9.82. The molecule has 0 aliphatic carbocycles. The second kappa shape index (κ2) is 7.85. The van der Waals surface area contributed by atoms with Crippen molar-refractivity contribution in [1.82, 2.24) is 5.32 Å². The summed E-state index contributed by atoms with van der Waals surface area (Å²) in [6.45, 7) is 9.35. The maximum absolute atomic E-state index is 12.2. The molecule has 3 heteroatoms. The molecular weight excluding hydrogens is 262 g/mol. The van der Waals surface area contributed by atoms with Crippen molar-refractivity contribution in [3.63, 3.8) is 0 Å². The summed E-state index contributed by atoms with van der Waals surface area (Å²) < 4.78 is 0. The Hall–Kier alpha value is -1.79. The van der Waals surface area contributed by atoms with Crippen molar-refractivity contribution in [2.75, 3.05) is 13.2 Å². The van der Waals surface area contributed by atoms with E-state index in [2.05, 4.69) is 44.9 Å². The van der Waals surface area contributed by atoms with Crippen molar-refractivity contribution < 1.29 is 9.90 Å². The maximum Gasteiger partial charge on any atom is 0.251 e. The lowest BCUT2D eigenvalue weighted by Crippen LogP contribution is -2.33. The van der Waals surface area contributed by atoms with E-state index in [0.29, 0.717) is 24.4 Å². The average Bonchev–Trinajstić information content (AvgIpc) is 2.44. The van der Waals surface area contributed by atoms with Crippen LogP contribution < -0.4 is 5.32 Å². The van der Waals surface area contributed by atoms with Crippen LogP contribution in [0.25, 0.3) is 0 Å². The van der Waals surface area contributed by atoms with Crippen LogP contribution in [0.2, 0.25) is 0 Å². The normalized spacial score (nSPS) is 12.2. The molecule has 0 saturated heterocycles. The van der Waals surface area contributed by atoms with Crippen LogP contribution in [0.4, 0.5) is 0 Å². The largest absolute Gasteiger partial charge is 0.395 e. The summed E-state index contributed by atoms with van der Waals surface area (Å²) in [5.74, 6) is 6.12. The SMILES string of the molecule is CC(CNC(=O)c1cccc(C#CCCO)c1)C(C)(C)C. The van der Waals surface area contributed by atoms with Gasteiger partial charge in [-0.1, -0.05) is 45.6 Å². The number of carbonyl (C=O) groups is 1. The number of rotatable bonds is 4. The molecule has 1 rings (SSSR count). The van der Waals surface area contributed by atoms with Crippen LogP contribution in [-0.4, -0.2) is 24.2 Å². The highest BCUT2D eigenvalue weighted by Crippen LogP contribution is 2.24. The number of benzene rings is 1. The Labute approximate surface area is 127 Å². The van der Waals surface area contributed by atoms with Crippen LogP contribution >= 0.6 is 0 Å². The Kier molecular flexibility index (Phi) is 6.45. The Morgan fingerprint density at radius 2 is 2.10 bits per heavy atom. The third-order valence-electron chi connectivity index (χ3n) is 3.64. The highest BCUT2D eigenvalue weighted by Gasteiger charge is 2.20. The van der Waals surface area contributed by atoms with E-state index in [1.54, 1.807) is 12.1 Å². The second-order valence-corrected chi connectivity index (χ2v) is 6.33. The van der Waals surface area contributed by atoms with Gasteiger partial charge in [-0.05, 0) is 29.5 Å². The molecule has 1 amide bonds. The number of hydrogen-bond donors (Lipinski definition) is 2. The molecule has 0 aliphatic heterocycles. The highest BCUT2D eigenvalue weighted by atomic mass is 16.2. The van der Waals surface area contributed by atoms with E-state index in [1.807, 2.05) is 12.1 Å². The summed E-state index contributed by atoms with van der Waals surface area (Å²) in [4.78, 5) is 12.2. The van der Waals surface area contributed by atoms with E-state index < -0.39 is 0 Å². The van der Waals surface area contributed by atoms with Crippen LogP contribution in [-0.2, 0) is 0 Å². The molecule has 1 aromatic carbocycles. The number of carbonyl (C=O) groups excluding carboxylic acids is 1. The van der Waals surface area contributed by atoms with Gasteiger partial charge in [-0.3, -0.25) is 4.79 Å². The van der Waals surface area contributed by atoms with Gasteiger partial charge < -0.3 is 10.4 Å². The minimum atomic E-state index is -0.0723. The van der Waals surface area contributed by atoms with Crippen molar-refractivity contribution in [3.8, 4) is 11.8 Å². The summed E-state index contributed by atoms with van der Waals surface area (Å²) in [6, 6.07) is 7.25. The van der Waals surface area contributed by atoms with Gasteiger partial charge in [0.25, 0.3) is 5.91 Å². The summed E-state index contributed by atoms with van der Waals surface area (Å²) in [7, 11) is 0. The third kappa shape index (κ3) is 6.01. The van der Waals surface area contributed by atoms with E-state index in [-0.39, 0.29) is 17.9 Å². The van der Waals surface area contributed by atoms with Gasteiger partial charge in [-0.25, -0.2) is 0 Å². The predicted molar refractivity (Wildman–Crippen MR) is 86.0 cm³/mol. The third-order valence-corrected chi connectivity index (χ3v) is 3.64. The Morgan fingerprint density at radius 1 is 1.38 bits per heavy atom. The predicted octanol–water partition coefficient (Wildman–Crippen LogP) is 2.83. The highest BCUT2D eigenvalue weighted by molar-refractivity contribution is 5.94. The first kappa shape index (κ1) is 17.3. The summed E-state index contributed by atoms with van der Waals surface area (Å²) >= 11 is 0. The van der Waals surface area contributed by atoms with Crippen LogP contribution in [0, 0.1) is 23.2 Å². The molecule has 0 aromatic heterocycles. The molecule has 2 N–H and O–H groups in total. The smallest absolute Gasteiger partial charge is 0.251 e. The molecule has 0 radical (unpaired) electrons. The lowest BCUT2D eigenvalue weighted by molar-refractivity contribution is 0.0937. The van der Waals surface area contributed by atoms with Gasteiger partial charge >= 0.3 is 0 Å². The van der Waals surface area contributed by atoms with Gasteiger partial charge in [0.15, 0.2) is 0 Å². The molecule has 21 heavy (non-hydrogen) atoms. The summed E-state index contributed by atoms with van der Waals surface area (Å²) in [5, 5.41) is 11.7. The van der Waals surface area contributed by atoms with Gasteiger partial charge in [0, 0.05) is 24.1 Å². The quantitative estimate of drug-likeness (QED) is 0.837. The first-order valence-corrected chi connectivity index (χ1v) is 7.32. The Morgan fingerprint density at radius 3 is 2.71 bits per heavy atom. The van der Waals surface area contributed by atoms with Crippen LogP contribution in [0.3, 0.4) is 0 Å². The number of aliphatic hydroxyl groups is 1. The van der Waals surface area contributed by atoms with E-state index in [9.17, 15) is 4.79 Å². The molecule has 0 aliphatic rings. The Balaban J connectivity index is 2.67. The molecule has 1 atom stereocenters. The van der Waals surface area contributed by atoms with E-state index in [1.165, 1.54) is 0 Å². The molecule has 0 saturated carbocycles. The van der Waals surface area contributed by atoms with Crippen LogP contribution in [0.1, 0.15) is 50.0 Å². The minimum Gasteiger partial charge on any atom is -0.395 e. The minimum absolute atomic E-state index is 0.0534. The van der Waals surface area contributed by atoms with Gasteiger partial charge in [0.05, 0.1) is 6.61 Å². The van der Waals surface area contributed by atoms with Crippen molar-refractivity contribution in [1.29, 1.82) is 0 Å². The zero-order valence-corrected chi connectivity index (χ0v) is 13.4. The molecule has 0 spiro atoms. The first-order chi connectivity index (χ1) is 9.84. The molecular formula is C18H25NO2. The number of hydrogen-bond acceptors (Lipinski definition) is 2. The molecule has 1 aromatic rings. The summed E-state index contributed by atoms with van der Waals surface area (Å²) in [6.07, 6.45) is 0.444. The molecule has 3 nitrogen and oxygen atoms in total. The van der Waals surface area contributed by atoms with Crippen LogP contribution in [0.5, 0.6) is 0 Å².